The van der Waals surface area contributed by atoms with Crippen LogP contribution in [0.2, 0.25) is 5.15 Å². The number of hydrogen-bond acceptors (Lipinski definition) is 7. The number of nitrogens with zero attached hydrogens (tertiary/aromatic N) is 2. The Hall–Kier alpha value is -1.13. The Morgan fingerprint density at radius 3 is 2.53 bits per heavy atom. The average molecular weight is 474 g/mol. The molecule has 0 unspecified atom stereocenters. The van der Waals surface area contributed by atoms with E-state index in [9.17, 15) is 13.0 Å². The number of aromatic nitrogens is 2. The molecule has 0 amide bonds. The fraction of sp³-hybridized carbons (Fsp3) is 0.600. The van der Waals surface area contributed by atoms with Crippen molar-refractivity contribution in [2.75, 3.05) is 6.26 Å². The minimum Gasteiger partial charge on any atom is -0.598 e. The van der Waals surface area contributed by atoms with E-state index in [2.05, 4.69) is 14.7 Å². The van der Waals surface area contributed by atoms with E-state index in [4.69, 9.17) is 16.3 Å². The monoisotopic (exact) mass is 473 g/mol. The molecule has 1 aliphatic carbocycles. The van der Waals surface area contributed by atoms with Crippen molar-refractivity contribution in [3.05, 3.63) is 29.2 Å². The average Bonchev–Trinajstić information content (AvgIpc) is 2.60. The highest BCUT2D eigenvalue weighted by atomic mass is 35.5. The van der Waals surface area contributed by atoms with Crippen molar-refractivity contribution in [1.82, 2.24) is 14.7 Å². The van der Waals surface area contributed by atoms with Crippen molar-refractivity contribution >= 4 is 43.6 Å². The summed E-state index contributed by atoms with van der Waals surface area (Å²) in [5.41, 5.74) is 0.865. The third kappa shape index (κ3) is 5.19. The highest BCUT2D eigenvalue weighted by Crippen LogP contribution is 2.36. The fourth-order valence-corrected chi connectivity index (χ4v) is 5.46. The lowest BCUT2D eigenvalue weighted by atomic mass is 9.95. The molecule has 2 aromatic heterocycles. The molecule has 0 aromatic carbocycles. The van der Waals surface area contributed by atoms with Crippen LogP contribution in [-0.4, -0.2) is 45.3 Å². The van der Waals surface area contributed by atoms with Crippen molar-refractivity contribution in [2.24, 2.45) is 0 Å². The second-order valence-electron chi connectivity index (χ2n) is 8.69. The lowest BCUT2D eigenvalue weighted by Gasteiger charge is -2.34. The van der Waals surface area contributed by atoms with Gasteiger partial charge in [0.1, 0.15) is 16.0 Å². The zero-order valence-corrected chi connectivity index (χ0v) is 20.2. The molecule has 2 aromatic rings. The minimum absolute atomic E-state index is 0.189. The smallest absolute Gasteiger partial charge is 0.223 e. The Labute approximate surface area is 186 Å². The predicted molar refractivity (Wildman–Crippen MR) is 121 cm³/mol. The highest BCUT2D eigenvalue weighted by Gasteiger charge is 2.38. The van der Waals surface area contributed by atoms with Gasteiger partial charge in [0.2, 0.25) is 5.88 Å². The number of hydrogen-bond donors (Lipinski definition) is 1. The van der Waals surface area contributed by atoms with E-state index in [1.807, 2.05) is 27.7 Å². The molecule has 0 saturated heterocycles. The van der Waals surface area contributed by atoms with Gasteiger partial charge < -0.3 is 9.29 Å². The zero-order chi connectivity index (χ0) is 22.3. The molecule has 7 nitrogen and oxygen atoms in total. The van der Waals surface area contributed by atoms with Crippen LogP contribution in [-0.2, 0) is 21.2 Å². The van der Waals surface area contributed by atoms with Crippen LogP contribution in [0.5, 0.6) is 5.88 Å². The molecule has 0 aliphatic heterocycles. The van der Waals surface area contributed by atoms with E-state index < -0.39 is 25.9 Å². The highest BCUT2D eigenvalue weighted by molar-refractivity contribution is 7.91. The van der Waals surface area contributed by atoms with Gasteiger partial charge in [-0.15, -0.1) is 4.72 Å². The molecule has 166 valence electrons. The topological polar surface area (TPSA) is 104 Å². The van der Waals surface area contributed by atoms with Crippen LogP contribution in [0, 0.1) is 0 Å². The molecule has 3 rings (SSSR count). The van der Waals surface area contributed by atoms with E-state index in [1.165, 1.54) is 6.26 Å². The lowest BCUT2D eigenvalue weighted by Crippen LogP contribution is -2.42. The van der Waals surface area contributed by atoms with Gasteiger partial charge in [0.25, 0.3) is 0 Å². The summed E-state index contributed by atoms with van der Waals surface area (Å²) < 4.78 is 44.7. The van der Waals surface area contributed by atoms with Crippen LogP contribution in [0.1, 0.15) is 58.6 Å². The van der Waals surface area contributed by atoms with Gasteiger partial charge in [0.15, 0.2) is 9.84 Å². The molecule has 2 heterocycles. The third-order valence-corrected chi connectivity index (χ3v) is 8.67. The van der Waals surface area contributed by atoms with Crippen LogP contribution in [0.3, 0.4) is 0 Å². The Bertz CT molecular complexity index is 1020. The maximum absolute atomic E-state index is 12.6. The molecule has 2 atom stereocenters. The first kappa shape index (κ1) is 23.5. The van der Waals surface area contributed by atoms with Gasteiger partial charge in [-0.25, -0.2) is 18.4 Å². The quantitative estimate of drug-likeness (QED) is 0.482. The minimum atomic E-state index is -3.05. The number of rotatable bonds is 7. The summed E-state index contributed by atoms with van der Waals surface area (Å²) >= 11 is 4.91. The van der Waals surface area contributed by atoms with Gasteiger partial charge >= 0.3 is 0 Å². The van der Waals surface area contributed by atoms with Crippen LogP contribution in [0.15, 0.2) is 18.5 Å². The Kier molecular flexibility index (Phi) is 6.89. The fourth-order valence-electron chi connectivity index (χ4n) is 3.27. The van der Waals surface area contributed by atoms with Gasteiger partial charge in [0, 0.05) is 48.4 Å². The summed E-state index contributed by atoms with van der Waals surface area (Å²) in [6.07, 6.45) is 5.99. The van der Waals surface area contributed by atoms with Crippen LogP contribution in [0.25, 0.3) is 10.8 Å². The number of fused-ring (bicyclic) bond motifs is 1. The normalized spacial score (nSPS) is 21.8. The van der Waals surface area contributed by atoms with Gasteiger partial charge in [-0.05, 0) is 38.6 Å². The van der Waals surface area contributed by atoms with Crippen molar-refractivity contribution < 1.29 is 17.7 Å². The SMILES string of the molecule is CC[C@@H](N[S@@+]([O-])C(C)(C)C)c1cnc(O[C@H]2C[C@@H](S(C)(=O)=O)C2)c2cnc(Cl)cc12. The number of nitrogens with one attached hydrogen (secondary N) is 1. The molecule has 30 heavy (non-hydrogen) atoms. The first-order valence-electron chi connectivity index (χ1n) is 9.88. The van der Waals surface area contributed by atoms with E-state index in [0.29, 0.717) is 35.7 Å². The summed E-state index contributed by atoms with van der Waals surface area (Å²) in [6, 6.07) is 1.57. The Morgan fingerprint density at radius 2 is 1.97 bits per heavy atom. The summed E-state index contributed by atoms with van der Waals surface area (Å²) in [5.74, 6) is 0.404. The molecule has 0 spiro atoms. The van der Waals surface area contributed by atoms with E-state index in [1.54, 1.807) is 18.5 Å². The van der Waals surface area contributed by atoms with Gasteiger partial charge in [-0.2, -0.15) is 0 Å². The molecule has 1 aliphatic rings. The largest absolute Gasteiger partial charge is 0.598 e. The first-order valence-corrected chi connectivity index (χ1v) is 13.4. The van der Waals surface area contributed by atoms with Crippen molar-refractivity contribution in [3.63, 3.8) is 0 Å². The summed E-state index contributed by atoms with van der Waals surface area (Å²) in [5, 5.41) is 1.50. The standard InChI is InChI=1S/C20H28ClN3O4S2/c1-6-17(24-29(25)20(2,3)4)15-10-23-19(16-11-22-18(21)9-14(15)16)28-12-7-13(8-12)30(5,26)27/h9-13,17,24H,6-8H2,1-5H3/t12-,13+,17-,29+/m1/s1. The Balaban J connectivity index is 1.90. The molecule has 1 fully saturated rings. The van der Waals surface area contributed by atoms with Crippen LogP contribution >= 0.6 is 11.6 Å². The number of halogens is 1. The van der Waals surface area contributed by atoms with Crippen molar-refractivity contribution in [2.45, 2.75) is 69.1 Å². The molecule has 0 radical (unpaired) electrons. The summed E-state index contributed by atoms with van der Waals surface area (Å²) in [7, 11) is -3.05. The molecule has 1 saturated carbocycles. The van der Waals surface area contributed by atoms with Crippen LogP contribution < -0.4 is 9.46 Å². The molecular formula is C20H28ClN3O4S2. The molecule has 0 bridgehead atoms. The first-order chi connectivity index (χ1) is 13.9. The summed E-state index contributed by atoms with van der Waals surface area (Å²) in [4.78, 5) is 8.66. The van der Waals surface area contributed by atoms with Crippen LogP contribution in [0.4, 0.5) is 0 Å². The second kappa shape index (κ2) is 8.78. The second-order valence-corrected chi connectivity index (χ2v) is 13.4. The maximum Gasteiger partial charge on any atom is 0.223 e. The van der Waals surface area contributed by atoms with Gasteiger partial charge in [-0.1, -0.05) is 18.5 Å². The third-order valence-electron chi connectivity index (χ3n) is 5.26. The van der Waals surface area contributed by atoms with E-state index in [-0.39, 0.29) is 17.4 Å². The summed E-state index contributed by atoms with van der Waals surface area (Å²) in [6.45, 7) is 7.76. The van der Waals surface area contributed by atoms with Crippen molar-refractivity contribution in [1.29, 1.82) is 0 Å². The molecular weight excluding hydrogens is 446 g/mol. The van der Waals surface area contributed by atoms with Crippen molar-refractivity contribution in [3.8, 4) is 5.88 Å². The number of ether oxygens (including phenoxy) is 1. The maximum atomic E-state index is 12.6. The number of sulfone groups is 1. The Morgan fingerprint density at radius 1 is 1.30 bits per heavy atom. The van der Waals surface area contributed by atoms with Gasteiger partial charge in [-0.3, -0.25) is 0 Å². The van der Waals surface area contributed by atoms with Gasteiger partial charge in [0.05, 0.1) is 16.7 Å². The predicted octanol–water partition coefficient (Wildman–Crippen LogP) is 3.74. The zero-order valence-electron chi connectivity index (χ0n) is 17.8. The van der Waals surface area contributed by atoms with E-state index in [0.717, 1.165) is 10.9 Å². The lowest BCUT2D eigenvalue weighted by molar-refractivity contribution is 0.119. The van der Waals surface area contributed by atoms with E-state index >= 15 is 0 Å². The number of pyridine rings is 2. The molecule has 1 N–H and O–H groups in total. The molecule has 10 heteroatoms.